The summed E-state index contributed by atoms with van der Waals surface area (Å²) in [5.74, 6) is 0.0294. The first kappa shape index (κ1) is 15.1. The highest BCUT2D eigenvalue weighted by atomic mass is 19.1. The van der Waals surface area contributed by atoms with Crippen molar-refractivity contribution in [3.8, 4) is 0 Å². The van der Waals surface area contributed by atoms with Crippen LogP contribution in [-0.4, -0.2) is 20.5 Å². The largest absolute Gasteiger partial charge is 0.467 e. The smallest absolute Gasteiger partial charge is 0.260 e. The summed E-state index contributed by atoms with van der Waals surface area (Å²) < 4.78 is 20.3. The van der Waals surface area contributed by atoms with Crippen LogP contribution in [0, 0.1) is 5.82 Å². The third kappa shape index (κ3) is 2.99. The van der Waals surface area contributed by atoms with Gasteiger partial charge in [-0.15, -0.1) is 10.2 Å². The number of amides is 1. The lowest BCUT2D eigenvalue weighted by Gasteiger charge is -2.22. The molecule has 124 valence electrons. The molecule has 6 nitrogen and oxygen atoms in total. The number of nitrogens with zero attached hydrogens (tertiary/aromatic N) is 4. The topological polar surface area (TPSA) is 63.6 Å². The van der Waals surface area contributed by atoms with E-state index in [1.165, 1.54) is 23.4 Å². The molecule has 3 heterocycles. The first-order valence-electron chi connectivity index (χ1n) is 7.60. The number of anilines is 1. The Bertz CT molecular complexity index is 1010. The van der Waals surface area contributed by atoms with Gasteiger partial charge in [-0.25, -0.2) is 4.39 Å². The number of carbonyl (C=O) groups is 1. The van der Waals surface area contributed by atoms with Crippen molar-refractivity contribution in [2.24, 2.45) is 0 Å². The number of aromatic nitrogens is 3. The fraction of sp³-hybridized carbons (Fsp3) is 0.0556. The number of pyridine rings is 1. The van der Waals surface area contributed by atoms with Crippen LogP contribution in [0.15, 0.2) is 71.7 Å². The van der Waals surface area contributed by atoms with Crippen molar-refractivity contribution in [1.29, 1.82) is 0 Å². The molecule has 1 aromatic carbocycles. The molecule has 7 heteroatoms. The molecular weight excluding hydrogens is 323 g/mol. The maximum absolute atomic E-state index is 13.3. The lowest BCUT2D eigenvalue weighted by molar-refractivity contribution is 0.0983. The molecule has 25 heavy (non-hydrogen) atoms. The third-order valence-corrected chi connectivity index (χ3v) is 3.82. The van der Waals surface area contributed by atoms with Crippen LogP contribution in [0.25, 0.3) is 5.65 Å². The predicted octanol–water partition coefficient (Wildman–Crippen LogP) is 3.31. The highest BCUT2D eigenvalue weighted by Gasteiger charge is 2.20. The standard InChI is InChI=1S/C18H13FN4O2/c19-14-4-6-15(7-5-14)23(11-16-2-1-9-25-16)18(24)13-3-8-17-21-20-12-22(17)10-13/h1-10,12H,11H2. The van der Waals surface area contributed by atoms with Crippen LogP contribution in [0.4, 0.5) is 10.1 Å². The molecule has 4 rings (SSSR count). The molecular formula is C18H13FN4O2. The normalized spacial score (nSPS) is 10.9. The summed E-state index contributed by atoms with van der Waals surface area (Å²) in [6, 6.07) is 12.7. The Morgan fingerprint density at radius 1 is 1.16 bits per heavy atom. The third-order valence-electron chi connectivity index (χ3n) is 3.82. The maximum atomic E-state index is 13.3. The second kappa shape index (κ2) is 6.20. The summed E-state index contributed by atoms with van der Waals surface area (Å²) in [5, 5.41) is 7.73. The monoisotopic (exact) mass is 336 g/mol. The molecule has 0 N–H and O–H groups in total. The Balaban J connectivity index is 1.72. The van der Waals surface area contributed by atoms with E-state index in [2.05, 4.69) is 10.2 Å². The van der Waals surface area contributed by atoms with Gasteiger partial charge in [0, 0.05) is 11.9 Å². The van der Waals surface area contributed by atoms with E-state index in [1.807, 2.05) is 0 Å². The predicted molar refractivity (Wildman–Crippen MR) is 88.6 cm³/mol. The molecule has 4 aromatic rings. The van der Waals surface area contributed by atoms with Crippen molar-refractivity contribution in [2.75, 3.05) is 4.90 Å². The molecule has 0 saturated carbocycles. The van der Waals surface area contributed by atoms with Crippen molar-refractivity contribution in [2.45, 2.75) is 6.54 Å². The van der Waals surface area contributed by atoms with Crippen LogP contribution >= 0.6 is 0 Å². The molecule has 0 aliphatic carbocycles. The van der Waals surface area contributed by atoms with Crippen molar-refractivity contribution in [3.63, 3.8) is 0 Å². The van der Waals surface area contributed by atoms with Gasteiger partial charge in [0.05, 0.1) is 18.4 Å². The number of furan rings is 1. The first-order chi connectivity index (χ1) is 12.2. The molecule has 0 unspecified atom stereocenters. The summed E-state index contributed by atoms with van der Waals surface area (Å²) in [6.07, 6.45) is 4.74. The molecule has 0 spiro atoms. The Morgan fingerprint density at radius 2 is 2.00 bits per heavy atom. The van der Waals surface area contributed by atoms with Crippen LogP contribution in [0.1, 0.15) is 16.1 Å². The molecule has 0 aliphatic rings. The SMILES string of the molecule is O=C(c1ccc2nncn2c1)N(Cc1ccco1)c1ccc(F)cc1. The van der Waals surface area contributed by atoms with E-state index in [-0.39, 0.29) is 18.3 Å². The number of benzene rings is 1. The Labute approximate surface area is 142 Å². The summed E-state index contributed by atoms with van der Waals surface area (Å²) in [6.45, 7) is 0.234. The van der Waals surface area contributed by atoms with Crippen LogP contribution in [0.2, 0.25) is 0 Å². The zero-order valence-electron chi connectivity index (χ0n) is 13.0. The Morgan fingerprint density at radius 3 is 2.76 bits per heavy atom. The van der Waals surface area contributed by atoms with Gasteiger partial charge in [0.1, 0.15) is 17.9 Å². The number of halogens is 1. The zero-order valence-corrected chi connectivity index (χ0v) is 13.0. The lowest BCUT2D eigenvalue weighted by atomic mass is 10.2. The molecule has 0 bridgehead atoms. The molecule has 0 fully saturated rings. The molecule has 0 aliphatic heterocycles. The van der Waals surface area contributed by atoms with Gasteiger partial charge in [0.25, 0.3) is 5.91 Å². The van der Waals surface area contributed by atoms with E-state index in [1.54, 1.807) is 53.3 Å². The van der Waals surface area contributed by atoms with Gasteiger partial charge in [0.2, 0.25) is 0 Å². The van der Waals surface area contributed by atoms with Gasteiger partial charge in [-0.1, -0.05) is 0 Å². The lowest BCUT2D eigenvalue weighted by Crippen LogP contribution is -2.30. The van der Waals surface area contributed by atoms with Gasteiger partial charge >= 0.3 is 0 Å². The van der Waals surface area contributed by atoms with Gasteiger partial charge in [0.15, 0.2) is 5.65 Å². The number of rotatable bonds is 4. The number of carbonyl (C=O) groups excluding carboxylic acids is 1. The van der Waals surface area contributed by atoms with Gasteiger partial charge < -0.3 is 9.32 Å². The molecule has 1 amide bonds. The number of hydrogen-bond donors (Lipinski definition) is 0. The van der Waals surface area contributed by atoms with E-state index >= 15 is 0 Å². The summed E-state index contributed by atoms with van der Waals surface area (Å²) in [4.78, 5) is 14.6. The Hall–Kier alpha value is -3.48. The van der Waals surface area contributed by atoms with Crippen molar-refractivity contribution in [1.82, 2.24) is 14.6 Å². The summed E-state index contributed by atoms with van der Waals surface area (Å²) >= 11 is 0. The number of hydrogen-bond acceptors (Lipinski definition) is 4. The Kier molecular flexibility index (Phi) is 3.74. The highest BCUT2D eigenvalue weighted by Crippen LogP contribution is 2.21. The van der Waals surface area contributed by atoms with E-state index in [4.69, 9.17) is 4.42 Å². The van der Waals surface area contributed by atoms with Crippen LogP contribution in [-0.2, 0) is 6.54 Å². The maximum Gasteiger partial charge on any atom is 0.260 e. The summed E-state index contributed by atoms with van der Waals surface area (Å²) in [7, 11) is 0. The molecule has 0 saturated heterocycles. The van der Waals surface area contributed by atoms with Crippen molar-refractivity contribution in [3.05, 3.63) is 84.5 Å². The highest BCUT2D eigenvalue weighted by molar-refractivity contribution is 6.05. The van der Waals surface area contributed by atoms with Gasteiger partial charge in [-0.2, -0.15) is 0 Å². The van der Waals surface area contributed by atoms with E-state index in [0.29, 0.717) is 22.7 Å². The second-order valence-corrected chi connectivity index (χ2v) is 5.46. The minimum absolute atomic E-state index is 0.234. The summed E-state index contributed by atoms with van der Waals surface area (Å²) in [5.41, 5.74) is 1.69. The minimum atomic E-state index is -0.361. The average molecular weight is 336 g/mol. The van der Waals surface area contributed by atoms with E-state index in [9.17, 15) is 9.18 Å². The minimum Gasteiger partial charge on any atom is -0.467 e. The van der Waals surface area contributed by atoms with Crippen molar-refractivity contribution >= 4 is 17.2 Å². The first-order valence-corrected chi connectivity index (χ1v) is 7.60. The number of fused-ring (bicyclic) bond motifs is 1. The quantitative estimate of drug-likeness (QED) is 0.573. The average Bonchev–Trinajstić information content (AvgIpc) is 3.31. The van der Waals surface area contributed by atoms with Gasteiger partial charge in [-0.3, -0.25) is 9.20 Å². The molecule has 3 aromatic heterocycles. The molecule has 0 atom stereocenters. The van der Waals surface area contributed by atoms with Crippen LogP contribution in [0.5, 0.6) is 0 Å². The van der Waals surface area contributed by atoms with Crippen LogP contribution in [0.3, 0.4) is 0 Å². The second-order valence-electron chi connectivity index (χ2n) is 5.46. The van der Waals surface area contributed by atoms with Crippen molar-refractivity contribution < 1.29 is 13.6 Å². The van der Waals surface area contributed by atoms with Gasteiger partial charge in [-0.05, 0) is 48.5 Å². The van der Waals surface area contributed by atoms with E-state index in [0.717, 1.165) is 0 Å². The molecule has 0 radical (unpaired) electrons. The fourth-order valence-corrected chi connectivity index (χ4v) is 2.57. The fourth-order valence-electron chi connectivity index (χ4n) is 2.57. The zero-order chi connectivity index (χ0) is 17.2. The van der Waals surface area contributed by atoms with E-state index < -0.39 is 0 Å². The van der Waals surface area contributed by atoms with Crippen LogP contribution < -0.4 is 4.90 Å².